The van der Waals surface area contributed by atoms with Gasteiger partial charge < -0.3 is 14.6 Å². The van der Waals surface area contributed by atoms with E-state index in [1.807, 2.05) is 6.07 Å². The van der Waals surface area contributed by atoms with Gasteiger partial charge in [-0.2, -0.15) is 0 Å². The molecule has 2 heterocycles. The van der Waals surface area contributed by atoms with E-state index in [0.29, 0.717) is 5.92 Å². The highest BCUT2D eigenvalue weighted by molar-refractivity contribution is 5.75. The van der Waals surface area contributed by atoms with E-state index in [4.69, 9.17) is 9.72 Å². The number of para-hydroxylation sites is 2. The van der Waals surface area contributed by atoms with Gasteiger partial charge in [-0.1, -0.05) is 12.1 Å². The lowest BCUT2D eigenvalue weighted by Crippen LogP contribution is -2.27. The van der Waals surface area contributed by atoms with Crippen molar-refractivity contribution in [3.63, 3.8) is 0 Å². The molecule has 1 saturated heterocycles. The van der Waals surface area contributed by atoms with Crippen LogP contribution in [0, 0.1) is 5.92 Å². The van der Waals surface area contributed by atoms with E-state index in [1.165, 1.54) is 11.9 Å². The predicted molar refractivity (Wildman–Crippen MR) is 76.1 cm³/mol. The lowest BCUT2D eigenvalue weighted by atomic mass is 10.1. The summed E-state index contributed by atoms with van der Waals surface area (Å²) in [4.78, 5) is 4.73. The van der Waals surface area contributed by atoms with Crippen molar-refractivity contribution in [3.05, 3.63) is 30.1 Å². The molecule has 1 aliphatic rings. The Hall–Kier alpha value is -1.39. The first-order valence-corrected chi connectivity index (χ1v) is 6.98. The molecule has 4 heteroatoms. The van der Waals surface area contributed by atoms with Crippen LogP contribution in [0.1, 0.15) is 25.2 Å². The van der Waals surface area contributed by atoms with E-state index in [-0.39, 0.29) is 6.04 Å². The number of nitrogens with zero attached hydrogens (tertiary/aromatic N) is 2. The first kappa shape index (κ1) is 12.6. The first-order valence-electron chi connectivity index (χ1n) is 6.98. The number of ether oxygens (including phenoxy) is 1. The van der Waals surface area contributed by atoms with Crippen LogP contribution in [0.5, 0.6) is 0 Å². The molecule has 0 bridgehead atoms. The van der Waals surface area contributed by atoms with Gasteiger partial charge in [-0.25, -0.2) is 4.98 Å². The lowest BCUT2D eigenvalue weighted by Gasteiger charge is -2.16. The Morgan fingerprint density at radius 3 is 3.05 bits per heavy atom. The zero-order chi connectivity index (χ0) is 13.2. The topological polar surface area (TPSA) is 39.1 Å². The molecule has 0 saturated carbocycles. The maximum Gasteiger partial charge on any atom is 0.126 e. The normalized spacial score (nSPS) is 21.1. The lowest BCUT2D eigenvalue weighted by molar-refractivity contribution is 0.184. The van der Waals surface area contributed by atoms with Gasteiger partial charge in [-0.15, -0.1) is 0 Å². The van der Waals surface area contributed by atoms with E-state index in [2.05, 4.69) is 42.1 Å². The van der Waals surface area contributed by atoms with Crippen molar-refractivity contribution in [2.24, 2.45) is 13.0 Å². The van der Waals surface area contributed by atoms with Gasteiger partial charge in [0.2, 0.25) is 0 Å². The van der Waals surface area contributed by atoms with Crippen LogP contribution in [0.2, 0.25) is 0 Å². The van der Waals surface area contributed by atoms with E-state index < -0.39 is 0 Å². The largest absolute Gasteiger partial charge is 0.381 e. The Morgan fingerprint density at radius 1 is 1.47 bits per heavy atom. The van der Waals surface area contributed by atoms with E-state index in [1.54, 1.807) is 0 Å². The SMILES string of the molecule is CC(NCC1CCOC1)c1nc2ccccc2n1C. The Kier molecular flexibility index (Phi) is 3.53. The number of aromatic nitrogens is 2. The van der Waals surface area contributed by atoms with Gasteiger partial charge in [0.1, 0.15) is 5.82 Å². The van der Waals surface area contributed by atoms with E-state index >= 15 is 0 Å². The monoisotopic (exact) mass is 259 g/mol. The molecule has 1 aromatic heterocycles. The molecule has 102 valence electrons. The van der Waals surface area contributed by atoms with Crippen LogP contribution < -0.4 is 5.32 Å². The molecule has 0 radical (unpaired) electrons. The first-order chi connectivity index (χ1) is 9.25. The molecule has 0 aliphatic carbocycles. The number of aryl methyl sites for hydroxylation is 1. The summed E-state index contributed by atoms with van der Waals surface area (Å²) in [6.45, 7) is 4.98. The maximum atomic E-state index is 5.41. The highest BCUT2D eigenvalue weighted by Crippen LogP contribution is 2.20. The molecular weight excluding hydrogens is 238 g/mol. The average molecular weight is 259 g/mol. The van der Waals surface area contributed by atoms with Crippen LogP contribution in [-0.2, 0) is 11.8 Å². The minimum atomic E-state index is 0.262. The summed E-state index contributed by atoms with van der Waals surface area (Å²) in [5.74, 6) is 1.75. The van der Waals surface area contributed by atoms with Crippen molar-refractivity contribution >= 4 is 11.0 Å². The molecule has 2 unspecified atom stereocenters. The van der Waals surface area contributed by atoms with Gasteiger partial charge in [0.15, 0.2) is 0 Å². The molecular formula is C15H21N3O. The van der Waals surface area contributed by atoms with Gasteiger partial charge in [0, 0.05) is 20.2 Å². The van der Waals surface area contributed by atoms with Crippen LogP contribution in [-0.4, -0.2) is 29.3 Å². The predicted octanol–water partition coefficient (Wildman–Crippen LogP) is 2.26. The van der Waals surface area contributed by atoms with Crippen molar-refractivity contribution < 1.29 is 4.74 Å². The van der Waals surface area contributed by atoms with Gasteiger partial charge in [0.05, 0.1) is 23.7 Å². The van der Waals surface area contributed by atoms with E-state index in [0.717, 1.165) is 31.1 Å². The third-order valence-electron chi connectivity index (χ3n) is 3.95. The maximum absolute atomic E-state index is 5.41. The van der Waals surface area contributed by atoms with E-state index in [9.17, 15) is 0 Å². The third kappa shape index (κ3) is 2.51. The van der Waals surface area contributed by atoms with Crippen LogP contribution in [0.25, 0.3) is 11.0 Å². The fraction of sp³-hybridized carbons (Fsp3) is 0.533. The molecule has 2 aromatic rings. The second-order valence-electron chi connectivity index (χ2n) is 5.38. The minimum absolute atomic E-state index is 0.262. The number of fused-ring (bicyclic) bond motifs is 1. The average Bonchev–Trinajstić information content (AvgIpc) is 3.05. The number of nitrogens with one attached hydrogen (secondary N) is 1. The number of benzene rings is 1. The Morgan fingerprint density at radius 2 is 2.32 bits per heavy atom. The summed E-state index contributed by atoms with van der Waals surface area (Å²) in [7, 11) is 2.08. The molecule has 3 rings (SSSR count). The molecule has 19 heavy (non-hydrogen) atoms. The van der Waals surface area contributed by atoms with Crippen molar-refractivity contribution in [1.82, 2.24) is 14.9 Å². The van der Waals surface area contributed by atoms with Crippen molar-refractivity contribution in [1.29, 1.82) is 0 Å². The quantitative estimate of drug-likeness (QED) is 0.915. The molecule has 0 spiro atoms. The Bertz CT molecular complexity index is 558. The van der Waals surface area contributed by atoms with Crippen molar-refractivity contribution in [2.45, 2.75) is 19.4 Å². The summed E-state index contributed by atoms with van der Waals surface area (Å²) < 4.78 is 7.58. The molecule has 4 nitrogen and oxygen atoms in total. The molecule has 0 amide bonds. The zero-order valence-corrected chi connectivity index (χ0v) is 11.6. The number of hydrogen-bond acceptors (Lipinski definition) is 3. The fourth-order valence-corrected chi connectivity index (χ4v) is 2.73. The highest BCUT2D eigenvalue weighted by atomic mass is 16.5. The number of imidazole rings is 1. The van der Waals surface area contributed by atoms with Crippen molar-refractivity contribution in [3.8, 4) is 0 Å². The van der Waals surface area contributed by atoms with Crippen LogP contribution in [0.15, 0.2) is 24.3 Å². The molecule has 2 atom stereocenters. The minimum Gasteiger partial charge on any atom is -0.381 e. The molecule has 1 fully saturated rings. The van der Waals surface area contributed by atoms with Gasteiger partial charge in [-0.3, -0.25) is 0 Å². The van der Waals surface area contributed by atoms with Gasteiger partial charge in [0.25, 0.3) is 0 Å². The van der Waals surface area contributed by atoms with Crippen LogP contribution in [0.3, 0.4) is 0 Å². The summed E-state index contributed by atoms with van der Waals surface area (Å²) in [6, 6.07) is 8.53. The smallest absolute Gasteiger partial charge is 0.126 e. The summed E-state index contributed by atoms with van der Waals surface area (Å²) >= 11 is 0. The molecule has 1 N–H and O–H groups in total. The molecule has 1 aliphatic heterocycles. The van der Waals surface area contributed by atoms with Gasteiger partial charge >= 0.3 is 0 Å². The van der Waals surface area contributed by atoms with Crippen LogP contribution in [0.4, 0.5) is 0 Å². The second kappa shape index (κ2) is 5.31. The fourth-order valence-electron chi connectivity index (χ4n) is 2.73. The summed E-state index contributed by atoms with van der Waals surface area (Å²) in [6.07, 6.45) is 1.17. The summed E-state index contributed by atoms with van der Waals surface area (Å²) in [5.41, 5.74) is 2.26. The number of rotatable bonds is 4. The summed E-state index contributed by atoms with van der Waals surface area (Å²) in [5, 5.41) is 3.58. The standard InChI is InChI=1S/C15H21N3O/c1-11(16-9-12-7-8-19-10-12)15-17-13-5-3-4-6-14(13)18(15)2/h3-6,11-12,16H,7-10H2,1-2H3. The van der Waals surface area contributed by atoms with Gasteiger partial charge in [-0.05, 0) is 31.4 Å². The zero-order valence-electron chi connectivity index (χ0n) is 11.6. The second-order valence-corrected chi connectivity index (χ2v) is 5.38. The Labute approximate surface area is 113 Å². The Balaban J connectivity index is 1.73. The van der Waals surface area contributed by atoms with Crippen LogP contribution >= 0.6 is 0 Å². The highest BCUT2D eigenvalue weighted by Gasteiger charge is 2.18. The third-order valence-corrected chi connectivity index (χ3v) is 3.95. The molecule has 1 aromatic carbocycles. The number of hydrogen-bond donors (Lipinski definition) is 1. The van der Waals surface area contributed by atoms with Crippen molar-refractivity contribution in [2.75, 3.05) is 19.8 Å².